The first-order valence-electron chi connectivity index (χ1n) is 8.95. The Bertz CT molecular complexity index is 702. The SMILES string of the molecule is CCc1nnc(CN2CCc3c(ncn3CC)C23CCOCC3)o1. The van der Waals surface area contributed by atoms with E-state index in [9.17, 15) is 0 Å². The van der Waals surface area contributed by atoms with Crippen molar-refractivity contribution in [3.05, 3.63) is 29.5 Å². The molecule has 0 unspecified atom stereocenters. The minimum atomic E-state index is -0.0624. The average Bonchev–Trinajstić information content (AvgIpc) is 3.25. The molecule has 0 aliphatic carbocycles. The molecule has 0 bridgehead atoms. The molecule has 7 heteroatoms. The van der Waals surface area contributed by atoms with Gasteiger partial charge in [0.15, 0.2) is 0 Å². The van der Waals surface area contributed by atoms with Crippen molar-refractivity contribution in [1.82, 2.24) is 24.6 Å². The standard InChI is InChI=1S/C17H25N5O2/c1-3-14-19-20-15(24-14)11-22-8-5-13-16(18-12-21(13)4-2)17(22)6-9-23-10-7-17/h12H,3-11H2,1-2H3. The second-order valence-corrected chi connectivity index (χ2v) is 6.58. The highest BCUT2D eigenvalue weighted by molar-refractivity contribution is 5.27. The number of hydrogen-bond acceptors (Lipinski definition) is 6. The summed E-state index contributed by atoms with van der Waals surface area (Å²) < 4.78 is 13.7. The topological polar surface area (TPSA) is 69.2 Å². The average molecular weight is 331 g/mol. The fraction of sp³-hybridized carbons (Fsp3) is 0.706. The number of ether oxygens (including phenoxy) is 1. The Labute approximate surface area is 142 Å². The summed E-state index contributed by atoms with van der Waals surface area (Å²) in [5.74, 6) is 1.41. The van der Waals surface area contributed by atoms with Crippen LogP contribution >= 0.6 is 0 Å². The van der Waals surface area contributed by atoms with Crippen LogP contribution in [0.25, 0.3) is 0 Å². The smallest absolute Gasteiger partial charge is 0.230 e. The summed E-state index contributed by atoms with van der Waals surface area (Å²) in [6.07, 6.45) is 5.72. The zero-order chi connectivity index (χ0) is 16.6. The molecule has 1 fully saturated rings. The van der Waals surface area contributed by atoms with Gasteiger partial charge in [-0.15, -0.1) is 10.2 Å². The number of fused-ring (bicyclic) bond motifs is 2. The van der Waals surface area contributed by atoms with Crippen LogP contribution in [0.5, 0.6) is 0 Å². The van der Waals surface area contributed by atoms with E-state index in [1.807, 2.05) is 13.3 Å². The lowest BCUT2D eigenvalue weighted by Gasteiger charge is -2.48. The van der Waals surface area contributed by atoms with Crippen molar-refractivity contribution >= 4 is 0 Å². The van der Waals surface area contributed by atoms with E-state index >= 15 is 0 Å². The normalized spacial score (nSPS) is 20.4. The second-order valence-electron chi connectivity index (χ2n) is 6.58. The lowest BCUT2D eigenvalue weighted by atomic mass is 9.80. The van der Waals surface area contributed by atoms with E-state index in [2.05, 4.69) is 26.6 Å². The van der Waals surface area contributed by atoms with E-state index in [1.165, 1.54) is 11.4 Å². The van der Waals surface area contributed by atoms with Crippen LogP contribution in [0.3, 0.4) is 0 Å². The van der Waals surface area contributed by atoms with Gasteiger partial charge in [0, 0.05) is 44.8 Å². The molecule has 2 aliphatic heterocycles. The number of hydrogen-bond donors (Lipinski definition) is 0. The first-order valence-corrected chi connectivity index (χ1v) is 8.95. The zero-order valence-electron chi connectivity index (χ0n) is 14.5. The van der Waals surface area contributed by atoms with Gasteiger partial charge in [-0.1, -0.05) is 6.92 Å². The summed E-state index contributed by atoms with van der Waals surface area (Å²) in [5, 5.41) is 8.33. The second kappa shape index (κ2) is 6.29. The van der Waals surface area contributed by atoms with E-state index in [4.69, 9.17) is 14.1 Å². The van der Waals surface area contributed by atoms with Gasteiger partial charge in [-0.2, -0.15) is 0 Å². The van der Waals surface area contributed by atoms with E-state index < -0.39 is 0 Å². The Balaban J connectivity index is 1.68. The third kappa shape index (κ3) is 2.46. The van der Waals surface area contributed by atoms with Crippen LogP contribution in [0.15, 0.2) is 10.7 Å². The van der Waals surface area contributed by atoms with Gasteiger partial charge < -0.3 is 13.7 Å². The lowest BCUT2D eigenvalue weighted by molar-refractivity contribution is -0.0484. The zero-order valence-corrected chi connectivity index (χ0v) is 14.5. The molecule has 4 rings (SSSR count). The highest BCUT2D eigenvalue weighted by Gasteiger charge is 2.46. The van der Waals surface area contributed by atoms with Crippen LogP contribution < -0.4 is 0 Å². The predicted octanol–water partition coefficient (Wildman–Crippen LogP) is 1.91. The molecule has 2 aromatic heterocycles. The van der Waals surface area contributed by atoms with Gasteiger partial charge in [0.05, 0.1) is 24.1 Å². The van der Waals surface area contributed by atoms with Gasteiger partial charge in [-0.05, 0) is 19.8 Å². The minimum absolute atomic E-state index is 0.0624. The summed E-state index contributed by atoms with van der Waals surface area (Å²) in [6.45, 7) is 8.40. The molecule has 0 saturated carbocycles. The highest BCUT2D eigenvalue weighted by Crippen LogP contribution is 2.42. The monoisotopic (exact) mass is 331 g/mol. The molecule has 24 heavy (non-hydrogen) atoms. The maximum absolute atomic E-state index is 5.76. The van der Waals surface area contributed by atoms with Crippen molar-refractivity contribution in [2.75, 3.05) is 19.8 Å². The molecule has 0 amide bonds. The van der Waals surface area contributed by atoms with E-state index in [0.29, 0.717) is 18.3 Å². The Kier molecular flexibility index (Phi) is 4.14. The Morgan fingerprint density at radius 1 is 1.17 bits per heavy atom. The van der Waals surface area contributed by atoms with Crippen LogP contribution in [-0.2, 0) is 36.2 Å². The molecule has 130 valence electrons. The summed E-state index contributed by atoms with van der Waals surface area (Å²) in [6, 6.07) is 0. The van der Waals surface area contributed by atoms with Crippen molar-refractivity contribution in [2.24, 2.45) is 0 Å². The molecular formula is C17H25N5O2. The summed E-state index contributed by atoms with van der Waals surface area (Å²) in [5.41, 5.74) is 2.55. The number of rotatable bonds is 4. The molecule has 4 heterocycles. The minimum Gasteiger partial charge on any atom is -0.424 e. The molecular weight excluding hydrogens is 306 g/mol. The van der Waals surface area contributed by atoms with Crippen LogP contribution in [0, 0.1) is 0 Å². The molecule has 1 saturated heterocycles. The Hall–Kier alpha value is -1.73. The third-order valence-electron chi connectivity index (χ3n) is 5.41. The Morgan fingerprint density at radius 3 is 2.67 bits per heavy atom. The first-order chi connectivity index (χ1) is 11.8. The first kappa shape index (κ1) is 15.8. The van der Waals surface area contributed by atoms with Crippen LogP contribution in [0.4, 0.5) is 0 Å². The van der Waals surface area contributed by atoms with Crippen LogP contribution in [0.2, 0.25) is 0 Å². The number of aryl methyl sites for hydroxylation is 2. The third-order valence-corrected chi connectivity index (χ3v) is 5.41. The highest BCUT2D eigenvalue weighted by atomic mass is 16.5. The van der Waals surface area contributed by atoms with Gasteiger partial charge in [-0.3, -0.25) is 4.90 Å². The molecule has 0 N–H and O–H groups in total. The summed E-state index contributed by atoms with van der Waals surface area (Å²) in [4.78, 5) is 7.30. The van der Waals surface area contributed by atoms with Crippen LogP contribution in [0.1, 0.15) is 49.9 Å². The summed E-state index contributed by atoms with van der Waals surface area (Å²) >= 11 is 0. The van der Waals surface area contributed by atoms with Crippen LogP contribution in [-0.4, -0.2) is 44.4 Å². The van der Waals surface area contributed by atoms with E-state index in [-0.39, 0.29) is 5.54 Å². The molecule has 2 aliphatic rings. The molecule has 0 atom stereocenters. The largest absolute Gasteiger partial charge is 0.424 e. The molecule has 0 aromatic carbocycles. The van der Waals surface area contributed by atoms with Crippen molar-refractivity contribution in [1.29, 1.82) is 0 Å². The van der Waals surface area contributed by atoms with Crippen molar-refractivity contribution in [3.8, 4) is 0 Å². The number of nitrogens with zero attached hydrogens (tertiary/aromatic N) is 5. The van der Waals surface area contributed by atoms with Crippen molar-refractivity contribution in [2.45, 2.75) is 58.2 Å². The number of imidazole rings is 1. The van der Waals surface area contributed by atoms with Gasteiger partial charge in [0.2, 0.25) is 11.8 Å². The molecule has 0 radical (unpaired) electrons. The number of aromatic nitrogens is 4. The fourth-order valence-electron chi connectivity index (χ4n) is 4.09. The van der Waals surface area contributed by atoms with Gasteiger partial charge in [0.25, 0.3) is 0 Å². The lowest BCUT2D eigenvalue weighted by Crippen LogP contribution is -2.53. The van der Waals surface area contributed by atoms with Crippen molar-refractivity contribution < 1.29 is 9.15 Å². The molecule has 2 aromatic rings. The summed E-state index contributed by atoms with van der Waals surface area (Å²) in [7, 11) is 0. The fourth-order valence-corrected chi connectivity index (χ4v) is 4.09. The van der Waals surface area contributed by atoms with E-state index in [1.54, 1.807) is 0 Å². The maximum atomic E-state index is 5.76. The van der Waals surface area contributed by atoms with Gasteiger partial charge >= 0.3 is 0 Å². The quantitative estimate of drug-likeness (QED) is 0.852. The maximum Gasteiger partial charge on any atom is 0.230 e. The van der Waals surface area contributed by atoms with E-state index in [0.717, 1.165) is 52.0 Å². The van der Waals surface area contributed by atoms with Gasteiger partial charge in [0.1, 0.15) is 0 Å². The Morgan fingerprint density at radius 2 is 1.96 bits per heavy atom. The van der Waals surface area contributed by atoms with Gasteiger partial charge in [-0.25, -0.2) is 4.98 Å². The molecule has 1 spiro atoms. The molecule has 7 nitrogen and oxygen atoms in total. The van der Waals surface area contributed by atoms with Crippen molar-refractivity contribution in [3.63, 3.8) is 0 Å². The predicted molar refractivity (Wildman–Crippen MR) is 87.4 cm³/mol.